The number of carbonyl (C=O) groups is 1. The van der Waals surface area contributed by atoms with Gasteiger partial charge in [0.1, 0.15) is 30.7 Å². The van der Waals surface area contributed by atoms with E-state index >= 15 is 0 Å². The van der Waals surface area contributed by atoms with Gasteiger partial charge < -0.3 is 39.4 Å². The lowest BCUT2D eigenvalue weighted by atomic mass is 9.97. The molecule has 0 spiro atoms. The minimum atomic E-state index is -2.86. The van der Waals surface area contributed by atoms with E-state index in [1.807, 2.05) is 13.8 Å². The average Bonchev–Trinajstić information content (AvgIpc) is 3.11. The smallest absolute Gasteiger partial charge is 0.438 e. The summed E-state index contributed by atoms with van der Waals surface area (Å²) < 4.78 is 35.8. The lowest BCUT2D eigenvalue weighted by molar-refractivity contribution is -0.423. The van der Waals surface area contributed by atoms with Crippen LogP contribution in [-0.4, -0.2) is 80.5 Å². The Bertz CT molecular complexity index is 1060. The van der Waals surface area contributed by atoms with Gasteiger partial charge in [0.25, 0.3) is 0 Å². The van der Waals surface area contributed by atoms with Crippen molar-refractivity contribution in [2.45, 2.75) is 70.5 Å². The molecule has 1 aromatic heterocycles. The van der Waals surface area contributed by atoms with Crippen molar-refractivity contribution in [1.82, 2.24) is 9.78 Å². The summed E-state index contributed by atoms with van der Waals surface area (Å²) >= 11 is 0. The molecular formula is C23H31FN2O9. The van der Waals surface area contributed by atoms with Gasteiger partial charge in [-0.05, 0) is 44.9 Å². The molecule has 3 rings (SSSR count). The highest BCUT2D eigenvalue weighted by atomic mass is 19.1. The molecule has 1 saturated heterocycles. The van der Waals surface area contributed by atoms with Crippen LogP contribution in [0, 0.1) is 19.7 Å². The van der Waals surface area contributed by atoms with Crippen LogP contribution in [0.25, 0.3) is 0 Å². The van der Waals surface area contributed by atoms with Crippen LogP contribution in [0.2, 0.25) is 0 Å². The second-order valence-electron chi connectivity index (χ2n) is 8.75. The second-order valence-corrected chi connectivity index (χ2v) is 8.75. The van der Waals surface area contributed by atoms with E-state index < -0.39 is 43.2 Å². The van der Waals surface area contributed by atoms with Crippen molar-refractivity contribution in [2.24, 2.45) is 0 Å². The molecule has 35 heavy (non-hydrogen) atoms. The van der Waals surface area contributed by atoms with Crippen LogP contribution in [0.4, 0.5) is 9.18 Å². The number of carbonyl (C=O) groups excluding carboxylic acids is 1. The van der Waals surface area contributed by atoms with E-state index in [-0.39, 0.29) is 24.2 Å². The number of nitrogens with zero attached hydrogens (tertiary/aromatic N) is 2. The zero-order valence-corrected chi connectivity index (χ0v) is 20.1. The minimum absolute atomic E-state index is 0.110. The Labute approximate surface area is 201 Å². The predicted octanol–water partition coefficient (Wildman–Crippen LogP) is 1.10. The summed E-state index contributed by atoms with van der Waals surface area (Å²) in [5.41, 5.74) is 2.24. The third-order valence-electron chi connectivity index (χ3n) is 5.87. The molecule has 1 aromatic carbocycles. The van der Waals surface area contributed by atoms with E-state index in [1.54, 1.807) is 30.7 Å². The van der Waals surface area contributed by atoms with Gasteiger partial charge in [-0.1, -0.05) is 12.1 Å². The molecule has 0 bridgehead atoms. The van der Waals surface area contributed by atoms with Crippen LogP contribution in [0.1, 0.15) is 42.3 Å². The Kier molecular flexibility index (Phi) is 8.02. The highest BCUT2D eigenvalue weighted by molar-refractivity contribution is 5.59. The summed E-state index contributed by atoms with van der Waals surface area (Å²) in [6, 6.07) is 4.65. The number of hydrogen-bond donors (Lipinski definition) is 4. The van der Waals surface area contributed by atoms with Crippen LogP contribution < -0.4 is 4.74 Å². The molecule has 11 nitrogen and oxygen atoms in total. The molecule has 5 atom stereocenters. The first-order chi connectivity index (χ1) is 16.4. The molecule has 0 aliphatic carbocycles. The highest BCUT2D eigenvalue weighted by Crippen LogP contribution is 2.34. The lowest BCUT2D eigenvalue weighted by Gasteiger charge is -2.44. The summed E-state index contributed by atoms with van der Waals surface area (Å²) in [4.78, 5) is 11.3. The molecule has 1 aliphatic rings. The number of aliphatic hydroxyl groups is 4. The number of aliphatic hydroxyl groups excluding tert-OH is 3. The molecular weight excluding hydrogens is 467 g/mol. The van der Waals surface area contributed by atoms with E-state index in [0.29, 0.717) is 22.4 Å². The zero-order valence-electron chi connectivity index (χ0n) is 20.1. The van der Waals surface area contributed by atoms with Crippen molar-refractivity contribution in [3.63, 3.8) is 0 Å². The SMILES string of the molecule is COC(=O)OC[C@H]1O[C@](O)(Oc2nn(C(C)C)c(C)c2Cc2ccc(C)c(F)c2)[C@H](O)[C@@H](O)[C@@H]1O. The Morgan fingerprint density at radius 2 is 1.94 bits per heavy atom. The molecule has 194 valence electrons. The van der Waals surface area contributed by atoms with Crippen LogP contribution in [0.5, 0.6) is 5.88 Å². The van der Waals surface area contributed by atoms with E-state index in [4.69, 9.17) is 14.2 Å². The third kappa shape index (κ3) is 5.57. The quantitative estimate of drug-likeness (QED) is 0.322. The van der Waals surface area contributed by atoms with Gasteiger partial charge in [-0.15, -0.1) is 5.10 Å². The Morgan fingerprint density at radius 1 is 1.26 bits per heavy atom. The number of rotatable bonds is 7. The first-order valence-electron chi connectivity index (χ1n) is 11.0. The van der Waals surface area contributed by atoms with Gasteiger partial charge in [-0.25, -0.2) is 9.18 Å². The number of aromatic nitrogens is 2. The van der Waals surface area contributed by atoms with Gasteiger partial charge in [-0.3, -0.25) is 4.68 Å². The fourth-order valence-corrected chi connectivity index (χ4v) is 3.81. The van der Waals surface area contributed by atoms with Crippen LogP contribution in [0.3, 0.4) is 0 Å². The maximum atomic E-state index is 14.1. The standard InChI is InChI=1S/C23H31FN2O9/c1-11(2)26-13(4)15(8-14-7-6-12(3)16(24)9-14)21(25-26)35-23(31)20(29)19(28)18(27)17(34-23)10-33-22(30)32-5/h6-7,9,11,17-20,27-29,31H,8,10H2,1-5H3/t17-,18-,19+,20-,23+/m1/s1. The number of methoxy groups -OCH3 is 1. The van der Waals surface area contributed by atoms with Crippen molar-refractivity contribution in [3.05, 3.63) is 46.4 Å². The molecule has 4 N–H and O–H groups in total. The fourth-order valence-electron chi connectivity index (χ4n) is 3.81. The van der Waals surface area contributed by atoms with Gasteiger partial charge in [0.15, 0.2) is 6.10 Å². The molecule has 0 saturated carbocycles. The predicted molar refractivity (Wildman–Crippen MR) is 118 cm³/mol. The molecule has 2 heterocycles. The molecule has 1 fully saturated rings. The lowest BCUT2D eigenvalue weighted by Crippen LogP contribution is -2.67. The van der Waals surface area contributed by atoms with Crippen molar-refractivity contribution in [3.8, 4) is 5.88 Å². The number of ether oxygens (including phenoxy) is 4. The Balaban J connectivity index is 1.94. The van der Waals surface area contributed by atoms with Crippen molar-refractivity contribution in [2.75, 3.05) is 13.7 Å². The monoisotopic (exact) mass is 498 g/mol. The maximum absolute atomic E-state index is 14.1. The Hall–Kier alpha value is -2.77. The molecule has 12 heteroatoms. The van der Waals surface area contributed by atoms with Crippen molar-refractivity contribution < 1.29 is 48.6 Å². The van der Waals surface area contributed by atoms with Gasteiger partial charge in [0, 0.05) is 23.7 Å². The largest absolute Gasteiger partial charge is 0.508 e. The molecule has 0 amide bonds. The van der Waals surface area contributed by atoms with Crippen LogP contribution in [-0.2, 0) is 20.6 Å². The van der Waals surface area contributed by atoms with Gasteiger partial charge in [0.2, 0.25) is 5.88 Å². The molecule has 0 unspecified atom stereocenters. The summed E-state index contributed by atoms with van der Waals surface area (Å²) in [5, 5.41) is 46.4. The highest BCUT2D eigenvalue weighted by Gasteiger charge is 2.56. The summed E-state index contributed by atoms with van der Waals surface area (Å²) in [6.45, 7) is 6.55. The van der Waals surface area contributed by atoms with Gasteiger partial charge in [-0.2, -0.15) is 0 Å². The zero-order chi connectivity index (χ0) is 26.1. The number of benzene rings is 1. The summed E-state index contributed by atoms with van der Waals surface area (Å²) in [6.07, 6.45) is -8.12. The number of hydrogen-bond acceptors (Lipinski definition) is 10. The normalized spacial score (nSPS) is 26.6. The van der Waals surface area contributed by atoms with Crippen LogP contribution >= 0.6 is 0 Å². The molecule has 1 aliphatic heterocycles. The van der Waals surface area contributed by atoms with E-state index in [2.05, 4.69) is 9.84 Å². The van der Waals surface area contributed by atoms with Crippen molar-refractivity contribution >= 4 is 6.16 Å². The average molecular weight is 499 g/mol. The van der Waals surface area contributed by atoms with Crippen LogP contribution in [0.15, 0.2) is 18.2 Å². The van der Waals surface area contributed by atoms with E-state index in [9.17, 15) is 29.6 Å². The third-order valence-corrected chi connectivity index (χ3v) is 5.87. The molecule has 2 aromatic rings. The van der Waals surface area contributed by atoms with Crippen molar-refractivity contribution in [1.29, 1.82) is 0 Å². The number of aryl methyl sites for hydroxylation is 1. The topological polar surface area (TPSA) is 153 Å². The summed E-state index contributed by atoms with van der Waals surface area (Å²) in [7, 11) is 1.08. The fraction of sp³-hybridized carbons (Fsp3) is 0.565. The maximum Gasteiger partial charge on any atom is 0.508 e. The van der Waals surface area contributed by atoms with Gasteiger partial charge >= 0.3 is 12.1 Å². The number of halogens is 1. The first-order valence-corrected chi connectivity index (χ1v) is 11.0. The Morgan fingerprint density at radius 3 is 2.54 bits per heavy atom. The van der Waals surface area contributed by atoms with E-state index in [1.165, 1.54) is 6.07 Å². The van der Waals surface area contributed by atoms with Gasteiger partial charge in [0.05, 0.1) is 7.11 Å². The first kappa shape index (κ1) is 26.8. The van der Waals surface area contributed by atoms with E-state index in [0.717, 1.165) is 7.11 Å². The second kappa shape index (κ2) is 10.5. The molecule has 0 radical (unpaired) electrons. The summed E-state index contributed by atoms with van der Waals surface area (Å²) in [5.74, 6) is -3.37. The minimum Gasteiger partial charge on any atom is -0.438 e.